The Hall–Kier alpha value is -2.53. The summed E-state index contributed by atoms with van der Waals surface area (Å²) in [6.07, 6.45) is 3.56. The van der Waals surface area contributed by atoms with Crippen molar-refractivity contribution in [3.05, 3.63) is 28.9 Å². The van der Waals surface area contributed by atoms with Gasteiger partial charge < -0.3 is 4.74 Å². The molecule has 2 saturated carbocycles. The largest absolute Gasteiger partial charge is 0.380 e. The number of fused-ring (bicyclic) bond motifs is 1. The summed E-state index contributed by atoms with van der Waals surface area (Å²) >= 11 is 0.709. The highest BCUT2D eigenvalue weighted by Crippen LogP contribution is 2.48. The van der Waals surface area contributed by atoms with Gasteiger partial charge in [-0.15, -0.1) is 10.2 Å². The predicted octanol–water partition coefficient (Wildman–Crippen LogP) is 3.82. The van der Waals surface area contributed by atoms with Crippen LogP contribution in [0.3, 0.4) is 0 Å². The first-order valence-corrected chi connectivity index (χ1v) is 13.7. The van der Waals surface area contributed by atoms with Crippen molar-refractivity contribution < 1.29 is 21.9 Å². The van der Waals surface area contributed by atoms with Crippen molar-refractivity contribution in [2.75, 3.05) is 13.2 Å². The minimum absolute atomic E-state index is 0.0223. The van der Waals surface area contributed by atoms with Crippen LogP contribution >= 0.6 is 11.3 Å². The highest BCUT2D eigenvalue weighted by Gasteiger charge is 2.47. The molecule has 1 spiro atoms. The Morgan fingerprint density at radius 3 is 2.51 bits per heavy atom. The monoisotopic (exact) mass is 520 g/mol. The van der Waals surface area contributed by atoms with Crippen LogP contribution < -0.4 is 4.72 Å². The maximum Gasteiger partial charge on any atom is 0.291 e. The van der Waals surface area contributed by atoms with Crippen molar-refractivity contribution in [3.8, 4) is 11.2 Å². The number of aromatic nitrogens is 4. The first-order valence-electron chi connectivity index (χ1n) is 11.4. The minimum Gasteiger partial charge on any atom is -0.380 e. The third-order valence-electron chi connectivity index (χ3n) is 7.40. The van der Waals surface area contributed by atoms with Gasteiger partial charge in [0.25, 0.3) is 6.43 Å². The zero-order valence-electron chi connectivity index (χ0n) is 18.6. The van der Waals surface area contributed by atoms with E-state index >= 15 is 0 Å². The number of benzene rings is 1. The topological polar surface area (TPSA) is 123 Å². The summed E-state index contributed by atoms with van der Waals surface area (Å²) in [5.41, 5.74) is 0.466. The summed E-state index contributed by atoms with van der Waals surface area (Å²) in [7, 11) is -4.01. The van der Waals surface area contributed by atoms with Crippen LogP contribution in [-0.2, 0) is 14.8 Å². The van der Waals surface area contributed by atoms with E-state index in [0.29, 0.717) is 29.7 Å². The summed E-state index contributed by atoms with van der Waals surface area (Å²) < 4.78 is 62.2. The molecule has 2 aromatic heterocycles. The third-order valence-corrected chi connectivity index (χ3v) is 9.82. The van der Waals surface area contributed by atoms with Gasteiger partial charge in [-0.3, -0.25) is 0 Å². The molecule has 3 aliphatic rings. The molecule has 0 radical (unpaired) electrons. The second kappa shape index (κ2) is 7.99. The van der Waals surface area contributed by atoms with Crippen LogP contribution in [0.1, 0.15) is 61.4 Å². The summed E-state index contributed by atoms with van der Waals surface area (Å²) in [6, 6.07) is 5.20. The molecule has 1 aliphatic heterocycles. The van der Waals surface area contributed by atoms with Crippen LogP contribution in [0.25, 0.3) is 16.0 Å². The fraction of sp³-hybridized carbons (Fsp3) is 0.545. The number of hydrogen-bond donors (Lipinski definition) is 1. The number of halogens is 2. The first-order chi connectivity index (χ1) is 16.7. The van der Waals surface area contributed by atoms with Crippen molar-refractivity contribution in [1.29, 1.82) is 5.26 Å². The average Bonchev–Trinajstić information content (AvgIpc) is 3.21. The van der Waals surface area contributed by atoms with Crippen molar-refractivity contribution in [3.63, 3.8) is 0 Å². The lowest BCUT2D eigenvalue weighted by molar-refractivity contribution is -0.132. The van der Waals surface area contributed by atoms with E-state index in [9.17, 15) is 22.5 Å². The maximum atomic E-state index is 13.3. The molecule has 13 heteroatoms. The lowest BCUT2D eigenvalue weighted by Crippen LogP contribution is -2.44. The number of hydrogen-bond acceptors (Lipinski definition) is 8. The molecule has 6 rings (SSSR count). The zero-order chi connectivity index (χ0) is 24.4. The van der Waals surface area contributed by atoms with Crippen molar-refractivity contribution in [2.24, 2.45) is 5.41 Å². The van der Waals surface area contributed by atoms with Crippen molar-refractivity contribution >= 4 is 32.3 Å². The Morgan fingerprint density at radius 1 is 1.20 bits per heavy atom. The Labute approximate surface area is 204 Å². The third kappa shape index (κ3) is 3.92. The molecule has 2 aliphatic carbocycles. The number of ether oxygens (including phenoxy) is 1. The van der Waals surface area contributed by atoms with E-state index in [1.54, 1.807) is 12.3 Å². The summed E-state index contributed by atoms with van der Waals surface area (Å²) in [5, 5.41) is 21.6. The predicted molar refractivity (Wildman–Crippen MR) is 122 cm³/mol. The lowest BCUT2D eigenvalue weighted by atomic mass is 9.67. The van der Waals surface area contributed by atoms with E-state index in [2.05, 4.69) is 26.1 Å². The number of rotatable bonds is 6. The molecular formula is C22H22F2N6O3S2. The quantitative estimate of drug-likeness (QED) is 0.524. The van der Waals surface area contributed by atoms with Crippen LogP contribution in [0.2, 0.25) is 0 Å². The van der Waals surface area contributed by atoms with Gasteiger partial charge in [0.15, 0.2) is 5.01 Å². The summed E-state index contributed by atoms with van der Waals surface area (Å²) in [6.45, 7) is 1.54. The van der Waals surface area contributed by atoms with Gasteiger partial charge in [0.1, 0.15) is 5.54 Å². The van der Waals surface area contributed by atoms with Crippen LogP contribution in [0.5, 0.6) is 0 Å². The van der Waals surface area contributed by atoms with Crippen LogP contribution in [0.15, 0.2) is 23.2 Å². The molecular weight excluding hydrogens is 498 g/mol. The smallest absolute Gasteiger partial charge is 0.291 e. The van der Waals surface area contributed by atoms with Gasteiger partial charge >= 0.3 is 0 Å². The van der Waals surface area contributed by atoms with E-state index < -0.39 is 27.0 Å². The SMILES string of the molecule is N#CC1(NS(=O)(=O)c2cc(C3CCC4(CC3)COC4)c3cnn(-c4nnc(C(F)F)s4)c3c2)CC1. The van der Waals surface area contributed by atoms with Gasteiger partial charge in [-0.2, -0.15) is 15.1 Å². The molecule has 0 bridgehead atoms. The van der Waals surface area contributed by atoms with E-state index in [-0.39, 0.29) is 21.4 Å². The Bertz CT molecular complexity index is 1440. The molecule has 0 atom stereocenters. The van der Waals surface area contributed by atoms with Crippen molar-refractivity contribution in [1.82, 2.24) is 24.7 Å². The van der Waals surface area contributed by atoms with Gasteiger partial charge in [0.05, 0.1) is 35.9 Å². The second-order valence-electron chi connectivity index (χ2n) is 9.79. The van der Waals surface area contributed by atoms with Crippen molar-refractivity contribution in [2.45, 2.75) is 61.3 Å². The van der Waals surface area contributed by atoms with Gasteiger partial charge in [-0.1, -0.05) is 11.3 Å². The molecule has 3 heterocycles. The van der Waals surface area contributed by atoms with Crippen LogP contribution in [-0.4, -0.2) is 47.1 Å². The van der Waals surface area contributed by atoms with Gasteiger partial charge in [-0.05, 0) is 62.1 Å². The number of nitrogens with zero attached hydrogens (tertiary/aromatic N) is 5. The molecule has 184 valence electrons. The lowest BCUT2D eigenvalue weighted by Gasteiger charge is -2.46. The molecule has 9 nitrogen and oxygen atoms in total. The first kappa shape index (κ1) is 22.9. The number of sulfonamides is 1. The van der Waals surface area contributed by atoms with Gasteiger partial charge in [0.2, 0.25) is 15.2 Å². The Kier molecular flexibility index (Phi) is 5.23. The number of nitriles is 1. The Balaban J connectivity index is 1.45. The fourth-order valence-electron chi connectivity index (χ4n) is 5.07. The van der Waals surface area contributed by atoms with E-state index in [4.69, 9.17) is 4.74 Å². The Morgan fingerprint density at radius 2 is 1.94 bits per heavy atom. The molecule has 35 heavy (non-hydrogen) atoms. The van der Waals surface area contributed by atoms with E-state index in [1.165, 1.54) is 10.7 Å². The normalized spacial score (nSPS) is 21.3. The minimum atomic E-state index is -4.01. The zero-order valence-corrected chi connectivity index (χ0v) is 20.2. The van der Waals surface area contributed by atoms with E-state index in [0.717, 1.165) is 49.8 Å². The molecule has 3 fully saturated rings. The molecule has 1 N–H and O–H groups in total. The molecule has 1 aromatic carbocycles. The highest BCUT2D eigenvalue weighted by atomic mass is 32.2. The molecule has 1 saturated heterocycles. The van der Waals surface area contributed by atoms with Gasteiger partial charge in [-0.25, -0.2) is 21.9 Å². The molecule has 0 amide bonds. The maximum absolute atomic E-state index is 13.3. The number of nitrogens with one attached hydrogen (secondary N) is 1. The number of alkyl halides is 2. The second-order valence-corrected chi connectivity index (χ2v) is 12.5. The molecule has 3 aromatic rings. The fourth-order valence-corrected chi connectivity index (χ4v) is 7.17. The summed E-state index contributed by atoms with van der Waals surface area (Å²) in [4.78, 5) is 0.0223. The van der Waals surface area contributed by atoms with E-state index in [1.807, 2.05) is 0 Å². The highest BCUT2D eigenvalue weighted by molar-refractivity contribution is 7.89. The van der Waals surface area contributed by atoms with Crippen LogP contribution in [0.4, 0.5) is 8.78 Å². The average molecular weight is 521 g/mol. The summed E-state index contributed by atoms with van der Waals surface area (Å²) in [5.74, 6) is 0.119. The standard InChI is InChI=1S/C22H22F2N6O3S2/c23-18(24)19-27-28-20(34-19)30-17-8-14(35(31,32)29-22(10-25)5-6-22)7-15(16(17)9-26-30)13-1-3-21(4-2-13)11-33-12-21/h7-9,13,18,29H,1-6,11-12H2. The molecule has 0 unspecified atom stereocenters. The van der Waals surface area contributed by atoms with Crippen LogP contribution in [0, 0.1) is 16.7 Å². The van der Waals surface area contributed by atoms with Gasteiger partial charge in [0, 0.05) is 10.8 Å².